The van der Waals surface area contributed by atoms with E-state index in [2.05, 4.69) is 19.4 Å². The Balaban J connectivity index is 2.73. The minimum Gasteiger partial charge on any atom is -0.383 e. The molecule has 7 nitrogen and oxygen atoms in total. The van der Waals surface area contributed by atoms with Gasteiger partial charge in [-0.25, -0.2) is 9.97 Å². The first kappa shape index (κ1) is 14.4. The zero-order chi connectivity index (χ0) is 12.9. The van der Waals surface area contributed by atoms with Crippen LogP contribution in [0.1, 0.15) is 0 Å². The van der Waals surface area contributed by atoms with E-state index < -0.39 is 10.2 Å². The quantitative estimate of drug-likeness (QED) is 0.595. The van der Waals surface area contributed by atoms with Crippen LogP contribution in [0, 0.1) is 0 Å². The molecule has 0 atom stereocenters. The SMILES string of the molecule is COCCNS(=O)(=O)Nc1ncnc(Cl)c1Cl. The van der Waals surface area contributed by atoms with E-state index in [0.29, 0.717) is 0 Å². The van der Waals surface area contributed by atoms with Gasteiger partial charge in [0.2, 0.25) is 0 Å². The lowest BCUT2D eigenvalue weighted by Crippen LogP contribution is -2.33. The van der Waals surface area contributed by atoms with Crippen molar-refractivity contribution in [2.75, 3.05) is 25.0 Å². The first-order chi connectivity index (χ1) is 7.96. The summed E-state index contributed by atoms with van der Waals surface area (Å²) >= 11 is 11.3. The highest BCUT2D eigenvalue weighted by molar-refractivity contribution is 7.90. The maximum absolute atomic E-state index is 11.5. The Kier molecular flexibility index (Phi) is 5.34. The lowest BCUT2D eigenvalue weighted by atomic mass is 10.6. The van der Waals surface area contributed by atoms with Crippen LogP contribution in [-0.2, 0) is 14.9 Å². The predicted octanol–water partition coefficient (Wildman–Crippen LogP) is 0.676. The second-order valence-electron chi connectivity index (χ2n) is 2.82. The second-order valence-corrected chi connectivity index (χ2v) is 5.06. The summed E-state index contributed by atoms with van der Waals surface area (Å²) in [4.78, 5) is 7.26. The third-order valence-corrected chi connectivity index (χ3v) is 3.36. The van der Waals surface area contributed by atoms with Crippen LogP contribution in [0.15, 0.2) is 6.33 Å². The Labute approximate surface area is 109 Å². The molecule has 0 fully saturated rings. The van der Waals surface area contributed by atoms with Gasteiger partial charge in [-0.3, -0.25) is 4.72 Å². The molecule has 0 saturated heterocycles. The van der Waals surface area contributed by atoms with Gasteiger partial charge >= 0.3 is 0 Å². The van der Waals surface area contributed by atoms with Crippen molar-refractivity contribution in [1.82, 2.24) is 14.7 Å². The van der Waals surface area contributed by atoms with E-state index in [-0.39, 0.29) is 29.1 Å². The van der Waals surface area contributed by atoms with Crippen molar-refractivity contribution in [1.29, 1.82) is 0 Å². The highest BCUT2D eigenvalue weighted by Gasteiger charge is 2.14. The standard InChI is InChI=1S/C7H10Cl2N4O3S/c1-16-3-2-12-17(14,15)13-7-5(8)6(9)10-4-11-7/h4,12H,2-3H2,1H3,(H,10,11,13). The largest absolute Gasteiger partial charge is 0.383 e. The summed E-state index contributed by atoms with van der Waals surface area (Å²) in [6.07, 6.45) is 1.10. The molecule has 0 radical (unpaired) electrons. The fourth-order valence-corrected chi connectivity index (χ4v) is 2.03. The molecular weight excluding hydrogens is 291 g/mol. The third kappa shape index (κ3) is 4.60. The maximum atomic E-state index is 11.5. The zero-order valence-electron chi connectivity index (χ0n) is 8.77. The van der Waals surface area contributed by atoms with E-state index >= 15 is 0 Å². The van der Waals surface area contributed by atoms with Crippen molar-refractivity contribution >= 4 is 39.2 Å². The molecule has 2 N–H and O–H groups in total. The molecule has 0 saturated carbocycles. The molecule has 0 amide bonds. The number of nitrogens with one attached hydrogen (secondary N) is 2. The summed E-state index contributed by atoms with van der Waals surface area (Å²) in [7, 11) is -2.30. The van der Waals surface area contributed by atoms with Crippen LogP contribution < -0.4 is 9.44 Å². The van der Waals surface area contributed by atoms with Crippen LogP contribution >= 0.6 is 23.2 Å². The lowest BCUT2D eigenvalue weighted by molar-refractivity contribution is 0.204. The van der Waals surface area contributed by atoms with Crippen LogP contribution in [0.5, 0.6) is 0 Å². The molecule has 0 unspecified atom stereocenters. The molecule has 1 rings (SSSR count). The number of ether oxygens (including phenoxy) is 1. The number of nitrogens with zero attached hydrogens (tertiary/aromatic N) is 2. The summed E-state index contributed by atoms with van der Waals surface area (Å²) < 4.78 is 32.1. The monoisotopic (exact) mass is 300 g/mol. The van der Waals surface area contributed by atoms with Crippen molar-refractivity contribution in [2.24, 2.45) is 0 Å². The molecule has 96 valence electrons. The second kappa shape index (κ2) is 6.31. The van der Waals surface area contributed by atoms with E-state index in [1.807, 2.05) is 0 Å². The van der Waals surface area contributed by atoms with Gasteiger partial charge in [-0.05, 0) is 0 Å². The summed E-state index contributed by atoms with van der Waals surface area (Å²) in [6.45, 7) is 0.376. The van der Waals surface area contributed by atoms with Gasteiger partial charge in [0, 0.05) is 13.7 Å². The minimum absolute atomic E-state index is 0.0312. The van der Waals surface area contributed by atoms with Gasteiger partial charge < -0.3 is 4.74 Å². The normalized spacial score (nSPS) is 11.5. The fourth-order valence-electron chi connectivity index (χ4n) is 0.861. The van der Waals surface area contributed by atoms with Crippen molar-refractivity contribution in [3.05, 3.63) is 16.5 Å². The Hall–Kier alpha value is -0.670. The fraction of sp³-hybridized carbons (Fsp3) is 0.429. The third-order valence-electron chi connectivity index (χ3n) is 1.58. The molecular formula is C7H10Cl2N4O3S. The first-order valence-corrected chi connectivity index (χ1v) is 6.62. The van der Waals surface area contributed by atoms with Gasteiger partial charge in [-0.15, -0.1) is 0 Å². The van der Waals surface area contributed by atoms with E-state index in [0.717, 1.165) is 6.33 Å². The van der Waals surface area contributed by atoms with Gasteiger partial charge in [0.25, 0.3) is 10.2 Å². The number of hydrogen-bond donors (Lipinski definition) is 2. The predicted molar refractivity (Wildman–Crippen MR) is 64.5 cm³/mol. The van der Waals surface area contributed by atoms with Crippen LogP contribution in [-0.4, -0.2) is 38.6 Å². The van der Waals surface area contributed by atoms with Crippen molar-refractivity contribution in [3.63, 3.8) is 0 Å². The number of rotatable bonds is 6. The maximum Gasteiger partial charge on any atom is 0.300 e. The topological polar surface area (TPSA) is 93.2 Å². The van der Waals surface area contributed by atoms with Crippen LogP contribution in [0.3, 0.4) is 0 Å². The summed E-state index contributed by atoms with van der Waals surface area (Å²) in [5.74, 6) is -0.0865. The van der Waals surface area contributed by atoms with Gasteiger partial charge in [-0.1, -0.05) is 23.2 Å². The van der Waals surface area contributed by atoms with Gasteiger partial charge in [-0.2, -0.15) is 13.1 Å². The molecule has 0 bridgehead atoms. The Morgan fingerprint density at radius 1 is 1.41 bits per heavy atom. The average Bonchev–Trinajstić information content (AvgIpc) is 2.25. The summed E-state index contributed by atoms with van der Waals surface area (Å²) in [5, 5.41) is -0.0949. The van der Waals surface area contributed by atoms with Crippen LogP contribution in [0.25, 0.3) is 0 Å². The van der Waals surface area contributed by atoms with Crippen molar-refractivity contribution in [3.8, 4) is 0 Å². The Morgan fingerprint density at radius 2 is 2.12 bits per heavy atom. The molecule has 0 aromatic carbocycles. The van der Waals surface area contributed by atoms with Gasteiger partial charge in [0.15, 0.2) is 11.0 Å². The number of aromatic nitrogens is 2. The van der Waals surface area contributed by atoms with Crippen molar-refractivity contribution in [2.45, 2.75) is 0 Å². The summed E-state index contributed by atoms with van der Waals surface area (Å²) in [5.41, 5.74) is 0. The molecule has 0 aliphatic rings. The molecule has 1 heterocycles. The smallest absolute Gasteiger partial charge is 0.300 e. The number of halogens is 2. The number of anilines is 1. The van der Waals surface area contributed by atoms with E-state index in [9.17, 15) is 8.42 Å². The highest BCUT2D eigenvalue weighted by Crippen LogP contribution is 2.25. The highest BCUT2D eigenvalue weighted by atomic mass is 35.5. The van der Waals surface area contributed by atoms with Gasteiger partial charge in [0.1, 0.15) is 11.3 Å². The molecule has 0 aliphatic carbocycles. The molecule has 1 aromatic rings. The molecule has 10 heteroatoms. The summed E-state index contributed by atoms with van der Waals surface area (Å²) in [6, 6.07) is 0. The zero-order valence-corrected chi connectivity index (χ0v) is 11.1. The Bertz CT molecular complexity index is 482. The lowest BCUT2D eigenvalue weighted by Gasteiger charge is -2.09. The molecule has 1 aromatic heterocycles. The van der Waals surface area contributed by atoms with E-state index in [1.54, 1.807) is 0 Å². The van der Waals surface area contributed by atoms with Gasteiger partial charge in [0.05, 0.1) is 6.61 Å². The average molecular weight is 301 g/mol. The molecule has 0 spiro atoms. The first-order valence-electron chi connectivity index (χ1n) is 4.38. The number of hydrogen-bond acceptors (Lipinski definition) is 5. The van der Waals surface area contributed by atoms with Crippen LogP contribution in [0.4, 0.5) is 5.82 Å². The molecule has 0 aliphatic heterocycles. The van der Waals surface area contributed by atoms with E-state index in [4.69, 9.17) is 27.9 Å². The number of methoxy groups -OCH3 is 1. The Morgan fingerprint density at radius 3 is 2.76 bits per heavy atom. The van der Waals surface area contributed by atoms with Crippen molar-refractivity contribution < 1.29 is 13.2 Å². The van der Waals surface area contributed by atoms with E-state index in [1.165, 1.54) is 7.11 Å². The molecule has 17 heavy (non-hydrogen) atoms. The van der Waals surface area contributed by atoms with Crippen LogP contribution in [0.2, 0.25) is 10.2 Å². The minimum atomic E-state index is -3.76.